The maximum atomic E-state index is 5.80. The van der Waals surface area contributed by atoms with Crippen molar-refractivity contribution in [3.63, 3.8) is 0 Å². The minimum Gasteiger partial charge on any atom is -0.338 e. The van der Waals surface area contributed by atoms with Gasteiger partial charge >= 0.3 is 0 Å². The second-order valence-electron chi connectivity index (χ2n) is 5.00. The molecule has 1 fully saturated rings. The van der Waals surface area contributed by atoms with Gasteiger partial charge in [0.2, 0.25) is 5.95 Å². The van der Waals surface area contributed by atoms with E-state index in [1.54, 1.807) is 0 Å². The van der Waals surface area contributed by atoms with Crippen molar-refractivity contribution >= 4 is 5.95 Å². The van der Waals surface area contributed by atoms with Gasteiger partial charge in [-0.3, -0.25) is 0 Å². The first kappa shape index (κ1) is 11.5. The second-order valence-corrected chi connectivity index (χ2v) is 5.00. The van der Waals surface area contributed by atoms with Crippen LogP contribution in [0.3, 0.4) is 0 Å². The molecule has 16 heavy (non-hydrogen) atoms. The normalized spacial score (nSPS) is 21.0. The molecule has 0 aromatic carbocycles. The quantitative estimate of drug-likeness (QED) is 0.839. The number of anilines is 1. The summed E-state index contributed by atoms with van der Waals surface area (Å²) in [6, 6.07) is 0.480. The summed E-state index contributed by atoms with van der Waals surface area (Å²) in [4.78, 5) is 6.85. The van der Waals surface area contributed by atoms with Crippen LogP contribution in [0.1, 0.15) is 26.7 Å². The van der Waals surface area contributed by atoms with Crippen molar-refractivity contribution in [2.75, 3.05) is 18.0 Å². The molecule has 0 spiro atoms. The van der Waals surface area contributed by atoms with E-state index in [9.17, 15) is 0 Å². The molecule has 0 bridgehead atoms. The first-order valence-electron chi connectivity index (χ1n) is 6.20. The Bertz CT molecular complexity index is 332. The van der Waals surface area contributed by atoms with Gasteiger partial charge in [-0.1, -0.05) is 13.8 Å². The molecule has 0 aliphatic carbocycles. The Balaban J connectivity index is 2.16. The highest BCUT2D eigenvalue weighted by atomic mass is 15.3. The number of nitrogens with two attached hydrogens (primary N) is 1. The van der Waals surface area contributed by atoms with Crippen LogP contribution in [-0.2, 0) is 6.54 Å². The van der Waals surface area contributed by atoms with Gasteiger partial charge in [0.25, 0.3) is 0 Å². The van der Waals surface area contributed by atoms with Gasteiger partial charge in [-0.05, 0) is 18.8 Å². The van der Waals surface area contributed by atoms with Gasteiger partial charge in [-0.2, -0.15) is 0 Å². The number of aromatic nitrogens is 2. The molecule has 0 radical (unpaired) electrons. The van der Waals surface area contributed by atoms with Crippen molar-refractivity contribution in [2.45, 2.75) is 39.3 Å². The lowest BCUT2D eigenvalue weighted by molar-refractivity contribution is 0.515. The zero-order valence-corrected chi connectivity index (χ0v) is 10.3. The molecule has 1 atom stereocenters. The molecule has 2 rings (SSSR count). The van der Waals surface area contributed by atoms with Gasteiger partial charge in [-0.25, -0.2) is 4.98 Å². The second kappa shape index (κ2) is 4.87. The van der Waals surface area contributed by atoms with E-state index < -0.39 is 0 Å². The summed E-state index contributed by atoms with van der Waals surface area (Å²) in [5.41, 5.74) is 5.80. The molecule has 1 aromatic rings. The summed E-state index contributed by atoms with van der Waals surface area (Å²) in [5.74, 6) is 1.74. The van der Waals surface area contributed by atoms with Crippen LogP contribution in [0.2, 0.25) is 0 Å². The van der Waals surface area contributed by atoms with Crippen molar-refractivity contribution in [2.24, 2.45) is 11.7 Å². The lowest BCUT2D eigenvalue weighted by atomic mass is 10.2. The van der Waals surface area contributed by atoms with Crippen LogP contribution in [0.25, 0.3) is 0 Å². The molecule has 0 amide bonds. The number of hydrogen-bond donors (Lipinski definition) is 1. The molecule has 1 unspecified atom stereocenters. The minimum atomic E-state index is 0.480. The fourth-order valence-electron chi connectivity index (χ4n) is 2.44. The largest absolute Gasteiger partial charge is 0.338 e. The van der Waals surface area contributed by atoms with Crippen molar-refractivity contribution in [1.82, 2.24) is 9.55 Å². The highest BCUT2D eigenvalue weighted by Crippen LogP contribution is 2.24. The Morgan fingerprint density at radius 2 is 2.38 bits per heavy atom. The fraction of sp³-hybridized carbons (Fsp3) is 0.750. The van der Waals surface area contributed by atoms with Gasteiger partial charge in [0.05, 0.1) is 0 Å². The molecular weight excluding hydrogens is 200 g/mol. The molecule has 90 valence electrons. The van der Waals surface area contributed by atoms with Crippen LogP contribution in [0, 0.1) is 5.92 Å². The number of rotatable bonds is 4. The summed E-state index contributed by atoms with van der Waals surface area (Å²) in [5, 5.41) is 0. The third-order valence-electron chi connectivity index (χ3n) is 3.16. The Morgan fingerprint density at radius 1 is 1.56 bits per heavy atom. The van der Waals surface area contributed by atoms with E-state index in [1.807, 2.05) is 6.20 Å². The molecule has 2 N–H and O–H groups in total. The van der Waals surface area contributed by atoms with Crippen molar-refractivity contribution in [3.8, 4) is 0 Å². The maximum Gasteiger partial charge on any atom is 0.205 e. The Kier molecular flexibility index (Phi) is 3.49. The van der Waals surface area contributed by atoms with Gasteiger partial charge in [0.15, 0.2) is 0 Å². The highest BCUT2D eigenvalue weighted by Gasteiger charge is 2.26. The zero-order valence-electron chi connectivity index (χ0n) is 10.3. The minimum absolute atomic E-state index is 0.480. The van der Waals surface area contributed by atoms with Crippen molar-refractivity contribution < 1.29 is 0 Å². The Morgan fingerprint density at radius 3 is 3.06 bits per heavy atom. The topological polar surface area (TPSA) is 47.1 Å². The molecule has 1 saturated heterocycles. The fourth-order valence-corrected chi connectivity index (χ4v) is 2.44. The van der Waals surface area contributed by atoms with Crippen LogP contribution in [-0.4, -0.2) is 28.7 Å². The third-order valence-corrected chi connectivity index (χ3v) is 3.16. The van der Waals surface area contributed by atoms with Gasteiger partial charge in [0.1, 0.15) is 0 Å². The third kappa shape index (κ3) is 2.21. The van der Waals surface area contributed by atoms with E-state index in [2.05, 4.69) is 34.5 Å². The van der Waals surface area contributed by atoms with E-state index in [0.717, 1.165) is 25.6 Å². The summed E-state index contributed by atoms with van der Waals surface area (Å²) in [6.45, 7) is 7.32. The van der Waals surface area contributed by atoms with Crippen LogP contribution in [0.4, 0.5) is 5.95 Å². The number of hydrogen-bond acceptors (Lipinski definition) is 3. The van der Waals surface area contributed by atoms with Crippen molar-refractivity contribution in [1.29, 1.82) is 0 Å². The zero-order chi connectivity index (χ0) is 11.5. The monoisotopic (exact) mass is 222 g/mol. The Labute approximate surface area is 97.4 Å². The van der Waals surface area contributed by atoms with Crippen LogP contribution < -0.4 is 10.6 Å². The van der Waals surface area contributed by atoms with Crippen molar-refractivity contribution in [3.05, 3.63) is 12.4 Å². The lowest BCUT2D eigenvalue weighted by Gasteiger charge is -2.25. The molecule has 4 heteroatoms. The standard InChI is InChI=1S/C12H22N4/c1-10(2)9-15-7-5-14-12(15)16-6-3-4-11(16)8-13/h5,7,10-11H,3-4,6,8-9,13H2,1-2H3. The smallest absolute Gasteiger partial charge is 0.205 e. The van der Waals surface area contributed by atoms with E-state index in [0.29, 0.717) is 12.0 Å². The predicted octanol–water partition coefficient (Wildman–Crippen LogP) is 1.47. The van der Waals surface area contributed by atoms with E-state index in [1.165, 1.54) is 12.8 Å². The number of nitrogens with zero attached hydrogens (tertiary/aromatic N) is 3. The summed E-state index contributed by atoms with van der Waals surface area (Å²) >= 11 is 0. The predicted molar refractivity (Wildman–Crippen MR) is 66.5 cm³/mol. The Hall–Kier alpha value is -1.03. The van der Waals surface area contributed by atoms with E-state index >= 15 is 0 Å². The molecule has 1 aliphatic rings. The molecule has 0 saturated carbocycles. The molecule has 4 nitrogen and oxygen atoms in total. The van der Waals surface area contributed by atoms with Gasteiger partial charge < -0.3 is 15.2 Å². The highest BCUT2D eigenvalue weighted by molar-refractivity contribution is 5.35. The first-order chi connectivity index (χ1) is 7.72. The molecule has 2 heterocycles. The summed E-state index contributed by atoms with van der Waals surface area (Å²) in [6.07, 6.45) is 6.40. The average Bonchev–Trinajstić information content (AvgIpc) is 2.83. The van der Waals surface area contributed by atoms with Crippen LogP contribution in [0.15, 0.2) is 12.4 Å². The molecular formula is C12H22N4. The van der Waals surface area contributed by atoms with E-state index in [-0.39, 0.29) is 0 Å². The summed E-state index contributed by atoms with van der Waals surface area (Å²) in [7, 11) is 0. The SMILES string of the molecule is CC(C)Cn1ccnc1N1CCCC1CN. The molecule has 1 aliphatic heterocycles. The first-order valence-corrected chi connectivity index (χ1v) is 6.20. The number of imidazole rings is 1. The van der Waals surface area contributed by atoms with Crippen LogP contribution >= 0.6 is 0 Å². The van der Waals surface area contributed by atoms with Gasteiger partial charge in [0, 0.05) is 38.1 Å². The molecule has 1 aromatic heterocycles. The van der Waals surface area contributed by atoms with Gasteiger partial charge in [-0.15, -0.1) is 0 Å². The lowest BCUT2D eigenvalue weighted by Crippen LogP contribution is -2.37. The average molecular weight is 222 g/mol. The maximum absolute atomic E-state index is 5.80. The summed E-state index contributed by atoms with van der Waals surface area (Å²) < 4.78 is 2.25. The van der Waals surface area contributed by atoms with E-state index in [4.69, 9.17) is 5.73 Å². The van der Waals surface area contributed by atoms with Crippen LogP contribution in [0.5, 0.6) is 0 Å².